The number of nitrogens with one attached hydrogen (secondary N) is 1. The lowest BCUT2D eigenvalue weighted by Crippen LogP contribution is -2.43. The Hall–Kier alpha value is -0.960. The Morgan fingerprint density at radius 1 is 0.941 bits per heavy atom. The van der Waals surface area contributed by atoms with Gasteiger partial charge < -0.3 is 5.32 Å². The van der Waals surface area contributed by atoms with Crippen molar-refractivity contribution in [2.45, 2.75) is 52.1 Å². The van der Waals surface area contributed by atoms with Gasteiger partial charge in [0.25, 0.3) is 0 Å². The van der Waals surface area contributed by atoms with E-state index in [0.717, 1.165) is 25.3 Å². The van der Waals surface area contributed by atoms with Crippen molar-refractivity contribution < 1.29 is 8.78 Å². The monoisotopic (exact) mass is 241 g/mol. The van der Waals surface area contributed by atoms with Gasteiger partial charge in [-0.15, -0.1) is 0 Å². The maximum absolute atomic E-state index is 13.0. The van der Waals surface area contributed by atoms with Crippen LogP contribution in [-0.2, 0) is 6.54 Å². The molecule has 1 aromatic rings. The Bertz CT molecular complexity index is 331. The summed E-state index contributed by atoms with van der Waals surface area (Å²) in [7, 11) is 0. The molecule has 0 aliphatic heterocycles. The first-order valence-corrected chi connectivity index (χ1v) is 6.25. The Morgan fingerprint density at radius 3 is 1.82 bits per heavy atom. The summed E-state index contributed by atoms with van der Waals surface area (Å²) in [4.78, 5) is 0. The molecule has 0 spiro atoms. The molecule has 0 unspecified atom stereocenters. The normalized spacial score (nSPS) is 11.8. The summed E-state index contributed by atoms with van der Waals surface area (Å²) in [5.41, 5.74) is 0.727. The summed E-state index contributed by atoms with van der Waals surface area (Å²) >= 11 is 0. The van der Waals surface area contributed by atoms with Crippen molar-refractivity contribution >= 4 is 0 Å². The highest BCUT2D eigenvalue weighted by molar-refractivity contribution is 5.18. The van der Waals surface area contributed by atoms with Gasteiger partial charge in [-0.1, -0.05) is 20.8 Å². The molecule has 0 aliphatic carbocycles. The summed E-state index contributed by atoms with van der Waals surface area (Å²) in [5.74, 6) is -1.03. The van der Waals surface area contributed by atoms with E-state index in [1.807, 2.05) is 0 Å². The lowest BCUT2D eigenvalue weighted by atomic mass is 9.89. The molecule has 0 aromatic heterocycles. The maximum atomic E-state index is 13.0. The fraction of sp³-hybridized carbons (Fsp3) is 0.571. The van der Waals surface area contributed by atoms with Gasteiger partial charge in [-0.05, 0) is 37.0 Å². The van der Waals surface area contributed by atoms with Crippen molar-refractivity contribution in [1.29, 1.82) is 0 Å². The second-order valence-electron chi connectivity index (χ2n) is 4.47. The van der Waals surface area contributed by atoms with Gasteiger partial charge in [0.1, 0.15) is 11.6 Å². The third-order valence-electron chi connectivity index (χ3n) is 3.62. The van der Waals surface area contributed by atoms with Crippen LogP contribution in [0.3, 0.4) is 0 Å². The summed E-state index contributed by atoms with van der Waals surface area (Å²) in [6, 6.07) is 3.65. The Morgan fingerprint density at radius 2 is 1.41 bits per heavy atom. The van der Waals surface area contributed by atoms with Crippen molar-refractivity contribution in [1.82, 2.24) is 5.32 Å². The van der Waals surface area contributed by atoms with Crippen LogP contribution in [0.15, 0.2) is 18.2 Å². The number of rotatable bonds is 6. The zero-order chi connectivity index (χ0) is 12.9. The number of benzene rings is 1. The molecule has 0 atom stereocenters. The van der Waals surface area contributed by atoms with Crippen LogP contribution in [0.1, 0.15) is 45.6 Å². The fourth-order valence-electron chi connectivity index (χ4n) is 2.13. The Balaban J connectivity index is 2.71. The standard InChI is InChI=1S/C14H21F2N/c1-4-14(5-2,6-3)17-10-11-7-12(15)9-13(16)8-11/h7-9,17H,4-6,10H2,1-3H3. The van der Waals surface area contributed by atoms with Crippen LogP contribution in [0, 0.1) is 11.6 Å². The zero-order valence-corrected chi connectivity index (χ0v) is 10.8. The molecule has 1 aromatic carbocycles. The van der Waals surface area contributed by atoms with Gasteiger partial charge in [-0.3, -0.25) is 0 Å². The van der Waals surface area contributed by atoms with Crippen molar-refractivity contribution in [3.63, 3.8) is 0 Å². The molecule has 96 valence electrons. The average Bonchev–Trinajstić information content (AvgIpc) is 2.30. The number of hydrogen-bond donors (Lipinski definition) is 1. The maximum Gasteiger partial charge on any atom is 0.126 e. The first-order chi connectivity index (χ1) is 8.05. The summed E-state index contributed by atoms with van der Waals surface area (Å²) in [6.07, 6.45) is 3.04. The van der Waals surface area contributed by atoms with Crippen molar-refractivity contribution in [2.75, 3.05) is 0 Å². The van der Waals surface area contributed by atoms with E-state index >= 15 is 0 Å². The number of hydrogen-bond acceptors (Lipinski definition) is 1. The van der Waals surface area contributed by atoms with E-state index < -0.39 is 11.6 Å². The predicted octanol–water partition coefficient (Wildman–Crippen LogP) is 4.02. The Kier molecular flexibility index (Phi) is 5.06. The lowest BCUT2D eigenvalue weighted by Gasteiger charge is -2.32. The van der Waals surface area contributed by atoms with Crippen LogP contribution in [0.2, 0.25) is 0 Å². The van der Waals surface area contributed by atoms with E-state index in [2.05, 4.69) is 26.1 Å². The first kappa shape index (κ1) is 14.1. The first-order valence-electron chi connectivity index (χ1n) is 6.25. The minimum atomic E-state index is -0.517. The van der Waals surface area contributed by atoms with Crippen molar-refractivity contribution in [3.05, 3.63) is 35.4 Å². The van der Waals surface area contributed by atoms with E-state index in [0.29, 0.717) is 12.1 Å². The molecule has 0 heterocycles. The highest BCUT2D eigenvalue weighted by Gasteiger charge is 2.22. The fourth-order valence-corrected chi connectivity index (χ4v) is 2.13. The van der Waals surface area contributed by atoms with Crippen LogP contribution >= 0.6 is 0 Å². The van der Waals surface area contributed by atoms with Crippen LogP contribution in [0.4, 0.5) is 8.78 Å². The van der Waals surface area contributed by atoms with Gasteiger partial charge in [0.15, 0.2) is 0 Å². The summed E-state index contributed by atoms with van der Waals surface area (Å²) in [6.45, 7) is 6.90. The second-order valence-corrected chi connectivity index (χ2v) is 4.47. The molecule has 0 fully saturated rings. The molecule has 1 nitrogen and oxygen atoms in total. The molecule has 0 radical (unpaired) electrons. The van der Waals surface area contributed by atoms with Gasteiger partial charge in [-0.25, -0.2) is 8.78 Å². The van der Waals surface area contributed by atoms with Crippen molar-refractivity contribution in [2.24, 2.45) is 0 Å². The second kappa shape index (κ2) is 6.10. The average molecular weight is 241 g/mol. The van der Waals surface area contributed by atoms with Crippen LogP contribution < -0.4 is 5.32 Å². The topological polar surface area (TPSA) is 12.0 Å². The van der Waals surface area contributed by atoms with E-state index in [9.17, 15) is 8.78 Å². The smallest absolute Gasteiger partial charge is 0.126 e. The van der Waals surface area contributed by atoms with Gasteiger partial charge >= 0.3 is 0 Å². The summed E-state index contributed by atoms with van der Waals surface area (Å²) < 4.78 is 26.1. The molecule has 0 saturated carbocycles. The molecule has 0 aliphatic rings. The molecular formula is C14H21F2N. The minimum Gasteiger partial charge on any atom is -0.307 e. The van der Waals surface area contributed by atoms with Gasteiger partial charge in [-0.2, -0.15) is 0 Å². The zero-order valence-electron chi connectivity index (χ0n) is 10.8. The van der Waals surface area contributed by atoms with Crippen LogP contribution in [0.5, 0.6) is 0 Å². The van der Waals surface area contributed by atoms with E-state index in [-0.39, 0.29) is 5.54 Å². The quantitative estimate of drug-likeness (QED) is 0.793. The number of halogens is 2. The molecule has 17 heavy (non-hydrogen) atoms. The summed E-state index contributed by atoms with van der Waals surface area (Å²) in [5, 5.41) is 3.42. The minimum absolute atomic E-state index is 0.0722. The van der Waals surface area contributed by atoms with E-state index in [4.69, 9.17) is 0 Å². The third kappa shape index (κ3) is 3.77. The van der Waals surface area contributed by atoms with Gasteiger partial charge in [0.05, 0.1) is 0 Å². The highest BCUT2D eigenvalue weighted by Crippen LogP contribution is 2.20. The molecule has 3 heteroatoms. The lowest BCUT2D eigenvalue weighted by molar-refractivity contribution is 0.287. The highest BCUT2D eigenvalue weighted by atomic mass is 19.1. The van der Waals surface area contributed by atoms with E-state index in [1.165, 1.54) is 12.1 Å². The van der Waals surface area contributed by atoms with Crippen LogP contribution in [0.25, 0.3) is 0 Å². The SMILES string of the molecule is CCC(CC)(CC)NCc1cc(F)cc(F)c1. The molecule has 0 bridgehead atoms. The molecule has 1 N–H and O–H groups in total. The molecule has 1 rings (SSSR count). The Labute approximate surface area is 102 Å². The van der Waals surface area contributed by atoms with Gasteiger partial charge in [0, 0.05) is 18.2 Å². The predicted molar refractivity (Wildman–Crippen MR) is 66.8 cm³/mol. The largest absolute Gasteiger partial charge is 0.307 e. The van der Waals surface area contributed by atoms with E-state index in [1.54, 1.807) is 0 Å². The molecule has 0 saturated heterocycles. The molecule has 0 amide bonds. The molecular weight excluding hydrogens is 220 g/mol. The van der Waals surface area contributed by atoms with Crippen LogP contribution in [-0.4, -0.2) is 5.54 Å². The third-order valence-corrected chi connectivity index (χ3v) is 3.62. The van der Waals surface area contributed by atoms with Gasteiger partial charge in [0.2, 0.25) is 0 Å². The van der Waals surface area contributed by atoms with Crippen molar-refractivity contribution in [3.8, 4) is 0 Å².